The third kappa shape index (κ3) is 3.00. The van der Waals surface area contributed by atoms with E-state index in [1.165, 1.54) is 37.9 Å². The molecule has 16 heavy (non-hydrogen) atoms. The maximum atomic E-state index is 6.23. The van der Waals surface area contributed by atoms with Crippen molar-refractivity contribution in [3.05, 3.63) is 18.2 Å². The highest BCUT2D eigenvalue weighted by Gasteiger charge is 2.21. The minimum absolute atomic E-state index is 0.397. The molecule has 1 heterocycles. The van der Waals surface area contributed by atoms with E-state index in [0.717, 1.165) is 18.9 Å². The third-order valence-electron chi connectivity index (χ3n) is 3.46. The SMILES string of the molecule is CCCn1ccnc1CC1CCCC(Cl)C1. The Morgan fingerprint density at radius 3 is 3.12 bits per heavy atom. The molecule has 0 aliphatic heterocycles. The van der Waals surface area contributed by atoms with Gasteiger partial charge in [0.15, 0.2) is 0 Å². The lowest BCUT2D eigenvalue weighted by molar-refractivity contribution is 0.352. The topological polar surface area (TPSA) is 17.8 Å². The Morgan fingerprint density at radius 2 is 2.38 bits per heavy atom. The van der Waals surface area contributed by atoms with Crippen molar-refractivity contribution in [3.8, 4) is 0 Å². The lowest BCUT2D eigenvalue weighted by atomic mass is 9.86. The highest BCUT2D eigenvalue weighted by Crippen LogP contribution is 2.29. The Kier molecular flexibility index (Phi) is 4.28. The van der Waals surface area contributed by atoms with Crippen LogP contribution in [0.4, 0.5) is 0 Å². The summed E-state index contributed by atoms with van der Waals surface area (Å²) >= 11 is 6.23. The molecule has 0 bridgehead atoms. The summed E-state index contributed by atoms with van der Waals surface area (Å²) in [5.41, 5.74) is 0. The number of rotatable bonds is 4. The first-order chi connectivity index (χ1) is 7.79. The van der Waals surface area contributed by atoms with Crippen molar-refractivity contribution in [2.45, 2.75) is 57.4 Å². The number of aryl methyl sites for hydroxylation is 1. The molecule has 1 aromatic rings. The van der Waals surface area contributed by atoms with Crippen LogP contribution in [-0.2, 0) is 13.0 Å². The lowest BCUT2D eigenvalue weighted by Gasteiger charge is -2.25. The molecule has 1 fully saturated rings. The van der Waals surface area contributed by atoms with E-state index in [2.05, 4.69) is 22.7 Å². The summed E-state index contributed by atoms with van der Waals surface area (Å²) in [6, 6.07) is 0. The molecule has 2 rings (SSSR count). The fourth-order valence-corrected chi connectivity index (χ4v) is 3.05. The van der Waals surface area contributed by atoms with Gasteiger partial charge in [-0.15, -0.1) is 11.6 Å². The van der Waals surface area contributed by atoms with Gasteiger partial charge in [0.1, 0.15) is 5.82 Å². The van der Waals surface area contributed by atoms with Crippen molar-refractivity contribution >= 4 is 11.6 Å². The second-order valence-electron chi connectivity index (χ2n) is 4.87. The summed E-state index contributed by atoms with van der Waals surface area (Å²) in [5.74, 6) is 1.99. The molecule has 0 N–H and O–H groups in total. The molecular formula is C13H21ClN2. The van der Waals surface area contributed by atoms with Gasteiger partial charge in [-0.25, -0.2) is 4.98 Å². The van der Waals surface area contributed by atoms with Crippen LogP contribution in [0, 0.1) is 5.92 Å². The van der Waals surface area contributed by atoms with Gasteiger partial charge in [-0.2, -0.15) is 0 Å². The molecule has 0 radical (unpaired) electrons. The summed E-state index contributed by atoms with van der Waals surface area (Å²) in [6.07, 6.45) is 11.3. The molecule has 1 aliphatic rings. The normalized spacial score (nSPS) is 25.9. The van der Waals surface area contributed by atoms with E-state index in [1.807, 2.05) is 6.20 Å². The van der Waals surface area contributed by atoms with E-state index in [0.29, 0.717) is 5.38 Å². The van der Waals surface area contributed by atoms with E-state index < -0.39 is 0 Å². The maximum absolute atomic E-state index is 6.23. The fraction of sp³-hybridized carbons (Fsp3) is 0.769. The van der Waals surface area contributed by atoms with Crippen LogP contribution >= 0.6 is 11.6 Å². The lowest BCUT2D eigenvalue weighted by Crippen LogP contribution is -2.19. The second-order valence-corrected chi connectivity index (χ2v) is 5.49. The number of imidazole rings is 1. The van der Waals surface area contributed by atoms with Gasteiger partial charge in [0.25, 0.3) is 0 Å². The van der Waals surface area contributed by atoms with Gasteiger partial charge in [0.05, 0.1) is 0 Å². The summed E-state index contributed by atoms with van der Waals surface area (Å²) < 4.78 is 2.29. The quantitative estimate of drug-likeness (QED) is 0.735. The molecule has 0 saturated heterocycles. The zero-order chi connectivity index (χ0) is 11.4. The van der Waals surface area contributed by atoms with E-state index >= 15 is 0 Å². The van der Waals surface area contributed by atoms with E-state index in [4.69, 9.17) is 11.6 Å². The highest BCUT2D eigenvalue weighted by atomic mass is 35.5. The van der Waals surface area contributed by atoms with Crippen molar-refractivity contribution in [1.82, 2.24) is 9.55 Å². The van der Waals surface area contributed by atoms with Crippen LogP contribution in [0.1, 0.15) is 44.9 Å². The number of hydrogen-bond donors (Lipinski definition) is 0. The molecule has 0 amide bonds. The zero-order valence-corrected chi connectivity index (χ0v) is 10.8. The van der Waals surface area contributed by atoms with Crippen LogP contribution in [0.2, 0.25) is 0 Å². The summed E-state index contributed by atoms with van der Waals surface area (Å²) in [7, 11) is 0. The van der Waals surface area contributed by atoms with Gasteiger partial charge in [0, 0.05) is 30.7 Å². The molecule has 90 valence electrons. The zero-order valence-electron chi connectivity index (χ0n) is 10.0. The van der Waals surface area contributed by atoms with Gasteiger partial charge in [-0.05, 0) is 31.6 Å². The van der Waals surface area contributed by atoms with Crippen molar-refractivity contribution in [3.63, 3.8) is 0 Å². The molecule has 0 aromatic carbocycles. The van der Waals surface area contributed by atoms with Gasteiger partial charge in [0.2, 0.25) is 0 Å². The minimum atomic E-state index is 0.397. The van der Waals surface area contributed by atoms with Gasteiger partial charge < -0.3 is 4.57 Å². The van der Waals surface area contributed by atoms with Crippen LogP contribution < -0.4 is 0 Å². The third-order valence-corrected chi connectivity index (χ3v) is 3.85. The molecule has 3 heteroatoms. The standard InChI is InChI=1S/C13H21ClN2/c1-2-7-16-8-6-15-13(16)10-11-4-3-5-12(14)9-11/h6,8,11-12H,2-5,7,9-10H2,1H3. The number of nitrogens with zero attached hydrogens (tertiary/aromatic N) is 2. The molecular weight excluding hydrogens is 220 g/mol. The van der Waals surface area contributed by atoms with Crippen molar-refractivity contribution in [2.75, 3.05) is 0 Å². The average molecular weight is 241 g/mol. The van der Waals surface area contributed by atoms with Gasteiger partial charge in [-0.1, -0.05) is 13.3 Å². The summed E-state index contributed by atoms with van der Waals surface area (Å²) in [5, 5.41) is 0.397. The molecule has 1 aliphatic carbocycles. The van der Waals surface area contributed by atoms with E-state index in [1.54, 1.807) is 0 Å². The molecule has 2 unspecified atom stereocenters. The number of halogens is 1. The predicted molar refractivity (Wildman–Crippen MR) is 67.8 cm³/mol. The molecule has 2 nitrogen and oxygen atoms in total. The predicted octanol–water partition coefficient (Wildman–Crippen LogP) is 3.63. The van der Waals surface area contributed by atoms with Crippen LogP contribution in [0.5, 0.6) is 0 Å². The molecule has 1 saturated carbocycles. The smallest absolute Gasteiger partial charge is 0.108 e. The number of aromatic nitrogens is 2. The highest BCUT2D eigenvalue weighted by molar-refractivity contribution is 6.20. The van der Waals surface area contributed by atoms with E-state index in [-0.39, 0.29) is 0 Å². The monoisotopic (exact) mass is 240 g/mol. The van der Waals surface area contributed by atoms with Crippen LogP contribution in [-0.4, -0.2) is 14.9 Å². The number of hydrogen-bond acceptors (Lipinski definition) is 1. The average Bonchev–Trinajstić information content (AvgIpc) is 2.66. The number of alkyl halides is 1. The fourth-order valence-electron chi connectivity index (χ4n) is 2.64. The van der Waals surface area contributed by atoms with E-state index in [9.17, 15) is 0 Å². The summed E-state index contributed by atoms with van der Waals surface area (Å²) in [6.45, 7) is 3.30. The molecule has 2 atom stereocenters. The second kappa shape index (κ2) is 5.72. The minimum Gasteiger partial charge on any atom is -0.335 e. The van der Waals surface area contributed by atoms with Crippen molar-refractivity contribution in [1.29, 1.82) is 0 Å². The first-order valence-corrected chi connectivity index (χ1v) is 6.87. The Morgan fingerprint density at radius 1 is 1.50 bits per heavy atom. The van der Waals surface area contributed by atoms with Crippen molar-refractivity contribution in [2.24, 2.45) is 5.92 Å². The van der Waals surface area contributed by atoms with Crippen LogP contribution in [0.25, 0.3) is 0 Å². The first-order valence-electron chi connectivity index (χ1n) is 6.43. The molecule has 1 aromatic heterocycles. The Bertz CT molecular complexity index is 321. The maximum Gasteiger partial charge on any atom is 0.108 e. The molecule has 0 spiro atoms. The van der Waals surface area contributed by atoms with Crippen LogP contribution in [0.15, 0.2) is 12.4 Å². The Labute approximate surface area is 103 Å². The van der Waals surface area contributed by atoms with Gasteiger partial charge in [-0.3, -0.25) is 0 Å². The Balaban J connectivity index is 1.94. The van der Waals surface area contributed by atoms with Gasteiger partial charge >= 0.3 is 0 Å². The summed E-state index contributed by atoms with van der Waals surface area (Å²) in [4.78, 5) is 4.47. The van der Waals surface area contributed by atoms with Crippen LogP contribution in [0.3, 0.4) is 0 Å². The Hall–Kier alpha value is -0.500. The first kappa shape index (κ1) is 12.0. The van der Waals surface area contributed by atoms with Crippen molar-refractivity contribution < 1.29 is 0 Å². The largest absolute Gasteiger partial charge is 0.335 e.